The second kappa shape index (κ2) is 6.04. The molecular weight excluding hydrogens is 326 g/mol. The number of rotatable bonds is 4. The SMILES string of the molecule is CCc1nnc(NC(=O)Cn2ncc3c2-c2ccccc2OC3)s1. The highest BCUT2D eigenvalue weighted by Crippen LogP contribution is 2.36. The molecule has 0 bridgehead atoms. The Kier molecular flexibility index (Phi) is 3.73. The minimum absolute atomic E-state index is 0.116. The van der Waals surface area contributed by atoms with Crippen LogP contribution in [0.4, 0.5) is 5.13 Å². The molecule has 4 rings (SSSR count). The molecule has 0 aliphatic carbocycles. The molecule has 24 heavy (non-hydrogen) atoms. The summed E-state index contributed by atoms with van der Waals surface area (Å²) in [4.78, 5) is 12.3. The van der Waals surface area contributed by atoms with Crippen molar-refractivity contribution in [3.63, 3.8) is 0 Å². The molecule has 8 heteroatoms. The highest BCUT2D eigenvalue weighted by atomic mass is 32.1. The highest BCUT2D eigenvalue weighted by Gasteiger charge is 2.23. The lowest BCUT2D eigenvalue weighted by atomic mass is 10.0. The van der Waals surface area contributed by atoms with Gasteiger partial charge in [-0.1, -0.05) is 30.4 Å². The molecule has 0 unspecified atom stereocenters. The molecule has 1 aromatic carbocycles. The fourth-order valence-electron chi connectivity index (χ4n) is 2.65. The van der Waals surface area contributed by atoms with Crippen molar-refractivity contribution in [1.82, 2.24) is 20.0 Å². The van der Waals surface area contributed by atoms with E-state index in [1.807, 2.05) is 31.2 Å². The smallest absolute Gasteiger partial charge is 0.247 e. The van der Waals surface area contributed by atoms with Crippen LogP contribution in [0.15, 0.2) is 30.5 Å². The lowest BCUT2D eigenvalue weighted by Gasteiger charge is -2.18. The number of nitrogens with zero attached hydrogens (tertiary/aromatic N) is 4. The van der Waals surface area contributed by atoms with Gasteiger partial charge >= 0.3 is 0 Å². The Morgan fingerprint density at radius 2 is 2.25 bits per heavy atom. The predicted molar refractivity (Wildman–Crippen MR) is 89.9 cm³/mol. The second-order valence-electron chi connectivity index (χ2n) is 5.36. The van der Waals surface area contributed by atoms with Gasteiger partial charge in [0, 0.05) is 11.1 Å². The van der Waals surface area contributed by atoms with Gasteiger partial charge in [0.15, 0.2) is 0 Å². The largest absolute Gasteiger partial charge is 0.488 e. The zero-order chi connectivity index (χ0) is 16.5. The minimum atomic E-state index is -0.177. The molecule has 1 amide bonds. The van der Waals surface area contributed by atoms with Gasteiger partial charge in [0.25, 0.3) is 0 Å². The number of ether oxygens (including phenoxy) is 1. The lowest BCUT2D eigenvalue weighted by Crippen LogP contribution is -2.20. The molecule has 2 aromatic heterocycles. The molecule has 1 aliphatic heterocycles. The van der Waals surface area contributed by atoms with Crippen LogP contribution >= 0.6 is 11.3 Å². The van der Waals surface area contributed by atoms with Crippen molar-refractivity contribution in [3.8, 4) is 17.0 Å². The summed E-state index contributed by atoms with van der Waals surface area (Å²) in [6.45, 7) is 2.58. The first kappa shape index (κ1) is 14.8. The molecule has 0 atom stereocenters. The maximum atomic E-state index is 12.3. The first-order chi connectivity index (χ1) is 11.7. The average molecular weight is 341 g/mol. The summed E-state index contributed by atoms with van der Waals surface area (Å²) < 4.78 is 7.41. The van der Waals surface area contributed by atoms with E-state index in [-0.39, 0.29) is 12.5 Å². The van der Waals surface area contributed by atoms with E-state index in [2.05, 4.69) is 20.6 Å². The van der Waals surface area contributed by atoms with Crippen LogP contribution < -0.4 is 10.1 Å². The average Bonchev–Trinajstić information content (AvgIpc) is 3.22. The summed E-state index contributed by atoms with van der Waals surface area (Å²) in [5, 5.41) is 16.5. The summed E-state index contributed by atoms with van der Waals surface area (Å²) in [5.74, 6) is 0.632. The number of anilines is 1. The van der Waals surface area contributed by atoms with Gasteiger partial charge in [-0.2, -0.15) is 5.10 Å². The number of fused-ring (bicyclic) bond motifs is 3. The van der Waals surface area contributed by atoms with E-state index < -0.39 is 0 Å². The predicted octanol–water partition coefficient (Wildman–Crippen LogP) is 2.50. The standard InChI is InChI=1S/C16H15N5O2S/c1-2-14-19-20-16(24-14)18-13(22)8-21-15-10(7-17-21)9-23-12-6-4-3-5-11(12)15/h3-7H,2,8-9H2,1H3,(H,18,20,22). The Morgan fingerprint density at radius 1 is 1.38 bits per heavy atom. The van der Waals surface area contributed by atoms with E-state index in [9.17, 15) is 4.79 Å². The molecule has 0 saturated heterocycles. The van der Waals surface area contributed by atoms with E-state index in [1.165, 1.54) is 11.3 Å². The van der Waals surface area contributed by atoms with Crippen LogP contribution in [0.25, 0.3) is 11.3 Å². The molecule has 7 nitrogen and oxygen atoms in total. The van der Waals surface area contributed by atoms with Crippen LogP contribution in [-0.2, 0) is 24.4 Å². The molecule has 1 N–H and O–H groups in total. The quantitative estimate of drug-likeness (QED) is 0.788. The Morgan fingerprint density at radius 3 is 3.08 bits per heavy atom. The third kappa shape index (κ3) is 2.65. The van der Waals surface area contributed by atoms with Gasteiger partial charge in [-0.15, -0.1) is 10.2 Å². The lowest BCUT2D eigenvalue weighted by molar-refractivity contribution is -0.116. The second-order valence-corrected chi connectivity index (χ2v) is 6.43. The Labute approximate surface area is 142 Å². The number of hydrogen-bond acceptors (Lipinski definition) is 6. The van der Waals surface area contributed by atoms with Crippen LogP contribution in [0, 0.1) is 0 Å². The van der Waals surface area contributed by atoms with Crippen LogP contribution in [0.1, 0.15) is 17.5 Å². The van der Waals surface area contributed by atoms with Crippen molar-refractivity contribution < 1.29 is 9.53 Å². The number of carbonyl (C=O) groups excluding carboxylic acids is 1. The third-order valence-corrected chi connectivity index (χ3v) is 4.73. The molecule has 1 aliphatic rings. The summed E-state index contributed by atoms with van der Waals surface area (Å²) >= 11 is 1.39. The van der Waals surface area contributed by atoms with Gasteiger partial charge in [0.2, 0.25) is 11.0 Å². The van der Waals surface area contributed by atoms with Gasteiger partial charge in [0.1, 0.15) is 23.9 Å². The summed E-state index contributed by atoms with van der Waals surface area (Å²) in [5.41, 5.74) is 2.86. The van der Waals surface area contributed by atoms with Gasteiger partial charge in [-0.05, 0) is 18.6 Å². The van der Waals surface area contributed by atoms with Crippen LogP contribution in [0.2, 0.25) is 0 Å². The fraction of sp³-hybridized carbons (Fsp3) is 0.250. The number of aromatic nitrogens is 4. The number of carbonyl (C=O) groups is 1. The van der Waals surface area contributed by atoms with E-state index in [4.69, 9.17) is 4.74 Å². The first-order valence-corrected chi connectivity index (χ1v) is 8.45. The third-order valence-electron chi connectivity index (χ3n) is 3.75. The van der Waals surface area contributed by atoms with Crippen molar-refractivity contribution >= 4 is 22.4 Å². The number of benzene rings is 1. The maximum absolute atomic E-state index is 12.3. The normalized spacial score (nSPS) is 12.2. The van der Waals surface area contributed by atoms with E-state index >= 15 is 0 Å². The first-order valence-electron chi connectivity index (χ1n) is 7.63. The summed E-state index contributed by atoms with van der Waals surface area (Å²) in [6.07, 6.45) is 2.55. The molecule has 3 heterocycles. The van der Waals surface area contributed by atoms with Crippen LogP contribution in [0.3, 0.4) is 0 Å². The van der Waals surface area contributed by atoms with Crippen LogP contribution in [0.5, 0.6) is 5.75 Å². The van der Waals surface area contributed by atoms with Crippen molar-refractivity contribution in [3.05, 3.63) is 41.0 Å². The molecular formula is C16H15N5O2S. The monoisotopic (exact) mass is 341 g/mol. The number of nitrogens with one attached hydrogen (secondary N) is 1. The highest BCUT2D eigenvalue weighted by molar-refractivity contribution is 7.15. The zero-order valence-electron chi connectivity index (χ0n) is 13.0. The minimum Gasteiger partial charge on any atom is -0.488 e. The molecule has 0 saturated carbocycles. The van der Waals surface area contributed by atoms with Gasteiger partial charge in [-0.3, -0.25) is 14.8 Å². The molecule has 0 fully saturated rings. The molecule has 0 radical (unpaired) electrons. The van der Waals surface area contributed by atoms with Crippen molar-refractivity contribution in [2.45, 2.75) is 26.5 Å². The summed E-state index contributed by atoms with van der Waals surface area (Å²) in [6, 6.07) is 7.77. The Balaban J connectivity index is 1.56. The van der Waals surface area contributed by atoms with Crippen molar-refractivity contribution in [2.75, 3.05) is 5.32 Å². The number of para-hydroxylation sites is 1. The maximum Gasteiger partial charge on any atom is 0.247 e. The fourth-order valence-corrected chi connectivity index (χ4v) is 3.34. The molecule has 122 valence electrons. The Bertz CT molecular complexity index is 902. The summed E-state index contributed by atoms with van der Waals surface area (Å²) in [7, 11) is 0. The van der Waals surface area contributed by atoms with Crippen molar-refractivity contribution in [2.24, 2.45) is 0 Å². The van der Waals surface area contributed by atoms with Gasteiger partial charge in [-0.25, -0.2) is 0 Å². The molecule has 3 aromatic rings. The topological polar surface area (TPSA) is 81.9 Å². The molecule has 0 spiro atoms. The van der Waals surface area contributed by atoms with E-state index in [1.54, 1.807) is 10.9 Å². The zero-order valence-corrected chi connectivity index (χ0v) is 13.8. The van der Waals surface area contributed by atoms with E-state index in [0.29, 0.717) is 11.7 Å². The van der Waals surface area contributed by atoms with Crippen molar-refractivity contribution in [1.29, 1.82) is 0 Å². The number of hydrogen-bond donors (Lipinski definition) is 1. The van der Waals surface area contributed by atoms with Crippen LogP contribution in [-0.4, -0.2) is 25.9 Å². The Hall–Kier alpha value is -2.74. The number of aryl methyl sites for hydroxylation is 1. The van der Waals surface area contributed by atoms with Gasteiger partial charge < -0.3 is 4.74 Å². The van der Waals surface area contributed by atoms with Gasteiger partial charge in [0.05, 0.1) is 11.9 Å². The number of amides is 1. The van der Waals surface area contributed by atoms with E-state index in [0.717, 1.165) is 34.0 Å².